The second-order valence-electron chi connectivity index (χ2n) is 9.01. The van der Waals surface area contributed by atoms with Crippen molar-refractivity contribution < 1.29 is 9.18 Å². The highest BCUT2D eigenvalue weighted by molar-refractivity contribution is 7.15. The number of benzene rings is 1. The Hall–Kier alpha value is -1.41. The molecule has 1 aromatic carbocycles. The Morgan fingerprint density at radius 3 is 2.76 bits per heavy atom. The van der Waals surface area contributed by atoms with Crippen LogP contribution in [0.2, 0.25) is 5.02 Å². The van der Waals surface area contributed by atoms with Gasteiger partial charge >= 0.3 is 0 Å². The van der Waals surface area contributed by atoms with Gasteiger partial charge in [0.15, 0.2) is 5.13 Å². The van der Waals surface area contributed by atoms with E-state index in [0.29, 0.717) is 22.7 Å². The Bertz CT molecular complexity index is 949. The van der Waals surface area contributed by atoms with Gasteiger partial charge in [0.1, 0.15) is 5.82 Å². The summed E-state index contributed by atoms with van der Waals surface area (Å²) >= 11 is 7.50. The lowest BCUT2D eigenvalue weighted by molar-refractivity contribution is 0.0675. The number of carbonyl (C=O) groups excluding carboxylic acids is 1. The maximum absolute atomic E-state index is 13.4. The zero-order valence-electron chi connectivity index (χ0n) is 19.1. The normalized spacial score (nSPS) is 18.8. The number of nitrogen functional groups attached to an aromatic ring is 1. The third-order valence-corrected chi connectivity index (χ3v) is 8.09. The van der Waals surface area contributed by atoms with E-state index in [1.807, 2.05) is 4.90 Å². The molecule has 1 aliphatic heterocycles. The second-order valence-corrected chi connectivity index (χ2v) is 10.5. The first kappa shape index (κ1) is 26.2. The summed E-state index contributed by atoms with van der Waals surface area (Å²) in [5.41, 5.74) is 7.59. The Kier molecular flexibility index (Phi) is 9.39. The molecule has 1 aliphatic carbocycles. The van der Waals surface area contributed by atoms with Crippen molar-refractivity contribution in [1.82, 2.24) is 14.8 Å². The van der Waals surface area contributed by atoms with Gasteiger partial charge in [-0.2, -0.15) is 0 Å². The van der Waals surface area contributed by atoms with Gasteiger partial charge in [-0.3, -0.25) is 4.79 Å². The van der Waals surface area contributed by atoms with Gasteiger partial charge in [-0.1, -0.05) is 18.5 Å². The second kappa shape index (κ2) is 11.8. The molecule has 1 atom stereocenters. The lowest BCUT2D eigenvalue weighted by atomic mass is 9.91. The summed E-state index contributed by atoms with van der Waals surface area (Å²) in [7, 11) is 0. The molecule has 1 aromatic heterocycles. The summed E-state index contributed by atoms with van der Waals surface area (Å²) in [5, 5.41) is 0.694. The molecule has 2 aromatic rings. The molecule has 5 nitrogen and oxygen atoms in total. The van der Waals surface area contributed by atoms with E-state index in [1.165, 1.54) is 35.2 Å². The van der Waals surface area contributed by atoms with Crippen molar-refractivity contribution in [1.29, 1.82) is 0 Å². The van der Waals surface area contributed by atoms with E-state index in [4.69, 9.17) is 17.3 Å². The number of carbonyl (C=O) groups is 1. The van der Waals surface area contributed by atoms with Crippen LogP contribution in [0, 0.1) is 11.7 Å². The summed E-state index contributed by atoms with van der Waals surface area (Å²) in [6, 6.07) is 4.79. The number of aromatic nitrogens is 1. The molecule has 1 fully saturated rings. The quantitative estimate of drug-likeness (QED) is 0.533. The molecule has 1 amide bonds. The van der Waals surface area contributed by atoms with Crippen LogP contribution in [0.25, 0.3) is 0 Å². The summed E-state index contributed by atoms with van der Waals surface area (Å²) in [5.74, 6) is 0.0831. The molecule has 0 bridgehead atoms. The Morgan fingerprint density at radius 1 is 1.30 bits per heavy atom. The number of likely N-dealkylation sites (tertiary alicyclic amines) is 1. The van der Waals surface area contributed by atoms with Crippen LogP contribution < -0.4 is 5.73 Å². The molecule has 2 N–H and O–H groups in total. The van der Waals surface area contributed by atoms with E-state index in [2.05, 4.69) is 16.8 Å². The average Bonchev–Trinajstić information content (AvgIpc) is 3.17. The number of halogens is 3. The van der Waals surface area contributed by atoms with Crippen LogP contribution in [0.15, 0.2) is 18.2 Å². The molecule has 0 unspecified atom stereocenters. The number of nitrogens with two attached hydrogens (primary N) is 1. The number of nitrogens with zero attached hydrogens (tertiary/aromatic N) is 3. The predicted molar refractivity (Wildman–Crippen MR) is 136 cm³/mol. The number of rotatable bonds is 7. The molecular weight excluding hydrogens is 482 g/mol. The molecule has 1 saturated heterocycles. The average molecular weight is 516 g/mol. The van der Waals surface area contributed by atoms with Gasteiger partial charge in [0.05, 0.1) is 10.7 Å². The minimum absolute atomic E-state index is 0. The van der Waals surface area contributed by atoms with Gasteiger partial charge in [0, 0.05) is 29.6 Å². The molecule has 9 heteroatoms. The van der Waals surface area contributed by atoms with Gasteiger partial charge < -0.3 is 15.5 Å². The van der Waals surface area contributed by atoms with Gasteiger partial charge in [0.2, 0.25) is 0 Å². The van der Waals surface area contributed by atoms with Crippen LogP contribution >= 0.6 is 35.3 Å². The summed E-state index contributed by atoms with van der Waals surface area (Å²) in [6.45, 7) is 5.97. The maximum atomic E-state index is 13.4. The smallest absolute Gasteiger partial charge is 0.253 e. The number of hydrogen-bond donors (Lipinski definition) is 1. The fourth-order valence-corrected chi connectivity index (χ4v) is 6.17. The van der Waals surface area contributed by atoms with Crippen molar-refractivity contribution in [2.24, 2.45) is 5.92 Å². The largest absolute Gasteiger partial charge is 0.375 e. The monoisotopic (exact) mass is 514 g/mol. The lowest BCUT2D eigenvalue weighted by Gasteiger charge is -2.36. The minimum Gasteiger partial charge on any atom is -0.375 e. The first-order valence-corrected chi connectivity index (χ1v) is 12.9. The minimum atomic E-state index is -0.494. The predicted octanol–water partition coefficient (Wildman–Crippen LogP) is 5.45. The third-order valence-electron chi connectivity index (χ3n) is 6.85. The highest BCUT2D eigenvalue weighted by Crippen LogP contribution is 2.31. The summed E-state index contributed by atoms with van der Waals surface area (Å²) < 4.78 is 13.4. The first-order valence-electron chi connectivity index (χ1n) is 11.7. The van der Waals surface area contributed by atoms with Crippen molar-refractivity contribution in [2.45, 2.75) is 57.9 Å². The number of amides is 1. The van der Waals surface area contributed by atoms with E-state index < -0.39 is 5.82 Å². The number of aryl methyl sites for hydroxylation is 1. The molecule has 2 heterocycles. The van der Waals surface area contributed by atoms with Gasteiger partial charge in [0.25, 0.3) is 5.91 Å². The standard InChI is InChI=1S/C24H32ClFN4OS.ClH/c1-2-10-29(18-4-6-21-22(15-18)32-24(27)28-21)11-7-16-8-12-30(13-9-16)23(31)17-3-5-20(26)19(25)14-17;/h3,5,14,16,18H,2,4,6-13,15H2,1H3,(H2,27,28);1H/t18-;/m0./s1. The van der Waals surface area contributed by atoms with Crippen molar-refractivity contribution in [2.75, 3.05) is 31.9 Å². The molecule has 33 heavy (non-hydrogen) atoms. The van der Waals surface area contributed by atoms with Crippen LogP contribution in [0.1, 0.15) is 60.0 Å². The summed E-state index contributed by atoms with van der Waals surface area (Å²) in [6.07, 6.45) is 7.60. The molecule has 182 valence electrons. The van der Waals surface area contributed by atoms with Crippen molar-refractivity contribution in [3.63, 3.8) is 0 Å². The molecule has 0 spiro atoms. The van der Waals surface area contributed by atoms with Gasteiger partial charge in [-0.05, 0) is 82.2 Å². The van der Waals surface area contributed by atoms with Crippen LogP contribution in [-0.2, 0) is 12.8 Å². The molecule has 4 rings (SSSR count). The van der Waals surface area contributed by atoms with E-state index in [-0.39, 0.29) is 23.3 Å². The van der Waals surface area contributed by atoms with Crippen LogP contribution in [0.3, 0.4) is 0 Å². The highest BCUT2D eigenvalue weighted by Gasteiger charge is 2.28. The molecule has 2 aliphatic rings. The zero-order chi connectivity index (χ0) is 22.7. The van der Waals surface area contributed by atoms with Crippen LogP contribution in [0.5, 0.6) is 0 Å². The zero-order valence-corrected chi connectivity index (χ0v) is 21.5. The third kappa shape index (κ3) is 6.38. The van der Waals surface area contributed by atoms with Crippen LogP contribution in [0.4, 0.5) is 9.52 Å². The van der Waals surface area contributed by atoms with E-state index in [9.17, 15) is 9.18 Å². The van der Waals surface area contributed by atoms with Crippen molar-refractivity contribution >= 4 is 46.4 Å². The summed E-state index contributed by atoms with van der Waals surface area (Å²) in [4.78, 5) is 23.1. The van der Waals surface area contributed by atoms with E-state index >= 15 is 0 Å². The highest BCUT2D eigenvalue weighted by atomic mass is 35.5. The molecule has 0 radical (unpaired) electrons. The van der Waals surface area contributed by atoms with E-state index in [0.717, 1.165) is 64.7 Å². The first-order chi connectivity index (χ1) is 15.4. The van der Waals surface area contributed by atoms with Crippen LogP contribution in [-0.4, -0.2) is 52.9 Å². The van der Waals surface area contributed by atoms with E-state index in [1.54, 1.807) is 11.3 Å². The SMILES string of the molecule is CCCN(CCC1CCN(C(=O)c2ccc(F)c(Cl)c2)CC1)[C@H]1CCc2nc(N)sc2C1.Cl. The fourth-order valence-electron chi connectivity index (χ4n) is 5.04. The number of anilines is 1. The maximum Gasteiger partial charge on any atom is 0.253 e. The number of fused-ring (bicyclic) bond motifs is 1. The van der Waals surface area contributed by atoms with Gasteiger partial charge in [-0.25, -0.2) is 9.37 Å². The number of thiazole rings is 1. The molecule has 0 saturated carbocycles. The Morgan fingerprint density at radius 2 is 2.06 bits per heavy atom. The Balaban J connectivity index is 0.00000306. The van der Waals surface area contributed by atoms with Gasteiger partial charge in [-0.15, -0.1) is 23.7 Å². The lowest BCUT2D eigenvalue weighted by Crippen LogP contribution is -2.42. The number of piperidine rings is 1. The Labute approximate surface area is 210 Å². The molecular formula is C24H33Cl2FN4OS. The van der Waals surface area contributed by atoms with Crippen molar-refractivity contribution in [3.8, 4) is 0 Å². The fraction of sp³-hybridized carbons (Fsp3) is 0.583. The number of hydrogen-bond acceptors (Lipinski definition) is 5. The van der Waals surface area contributed by atoms with Crippen molar-refractivity contribution in [3.05, 3.63) is 45.2 Å². The topological polar surface area (TPSA) is 62.5 Å².